The Morgan fingerprint density at radius 1 is 1.10 bits per heavy atom. The molecule has 0 aliphatic rings. The van der Waals surface area contributed by atoms with E-state index >= 15 is 0 Å². The number of nitrogens with one attached hydrogen (secondary N) is 1. The molecule has 0 bridgehead atoms. The molecule has 1 nitrogen and oxygen atoms in total. The molecular weight excluding hydrogens is 315 g/mol. The predicted molar refractivity (Wildman–Crippen MR) is 83.9 cm³/mol. The lowest BCUT2D eigenvalue weighted by atomic mass is 10.0. The maximum Gasteiger partial charge on any atom is 0.446 e. The molecule has 2 aromatic rings. The van der Waals surface area contributed by atoms with Crippen LogP contribution in [0.15, 0.2) is 46.7 Å². The van der Waals surface area contributed by atoms with Gasteiger partial charge in [0.1, 0.15) is 0 Å². The van der Waals surface area contributed by atoms with E-state index in [1.165, 1.54) is 17.0 Å². The zero-order chi connectivity index (χ0) is 15.5. The molecule has 0 aliphatic heterocycles. The van der Waals surface area contributed by atoms with Crippen LogP contribution in [0.1, 0.15) is 24.8 Å². The van der Waals surface area contributed by atoms with Crippen molar-refractivity contribution in [3.05, 3.63) is 46.7 Å². The molecule has 1 aromatic heterocycles. The van der Waals surface area contributed by atoms with Crippen LogP contribution < -0.4 is 5.32 Å². The standard InChI is InChI=1S/C15H16F3NS2/c1-10(2)14(13-4-3-9-20-13)19-11-5-7-12(8-6-11)21-15(16,17)18/h3-10,14,19H,1-2H3. The first-order valence-corrected chi connectivity index (χ1v) is 8.20. The Morgan fingerprint density at radius 2 is 1.76 bits per heavy atom. The Labute approximate surface area is 130 Å². The molecule has 6 heteroatoms. The molecule has 0 spiro atoms. The summed E-state index contributed by atoms with van der Waals surface area (Å²) in [5, 5.41) is 5.41. The summed E-state index contributed by atoms with van der Waals surface area (Å²) >= 11 is 1.58. The third-order valence-electron chi connectivity index (χ3n) is 2.93. The first-order chi connectivity index (χ1) is 9.85. The Bertz CT molecular complexity index is 547. The average molecular weight is 331 g/mol. The summed E-state index contributed by atoms with van der Waals surface area (Å²) in [4.78, 5) is 1.42. The van der Waals surface area contributed by atoms with Crippen LogP contribution in [-0.2, 0) is 0 Å². The lowest BCUT2D eigenvalue weighted by Gasteiger charge is -2.22. The number of halogens is 3. The molecular formula is C15H16F3NS2. The maximum atomic E-state index is 12.3. The molecule has 0 saturated carbocycles. The van der Waals surface area contributed by atoms with Gasteiger partial charge < -0.3 is 5.32 Å². The van der Waals surface area contributed by atoms with Crippen LogP contribution in [0.5, 0.6) is 0 Å². The summed E-state index contributed by atoms with van der Waals surface area (Å²) in [5.74, 6) is 0.382. The van der Waals surface area contributed by atoms with Crippen molar-refractivity contribution in [1.82, 2.24) is 0 Å². The van der Waals surface area contributed by atoms with Gasteiger partial charge in [-0.15, -0.1) is 11.3 Å². The van der Waals surface area contributed by atoms with Crippen molar-refractivity contribution in [2.75, 3.05) is 5.32 Å². The van der Waals surface area contributed by atoms with Crippen LogP contribution in [0.3, 0.4) is 0 Å². The highest BCUT2D eigenvalue weighted by Crippen LogP contribution is 2.37. The molecule has 0 fully saturated rings. The molecule has 1 unspecified atom stereocenters. The van der Waals surface area contributed by atoms with Gasteiger partial charge in [0.2, 0.25) is 0 Å². The summed E-state index contributed by atoms with van der Waals surface area (Å²) in [6, 6.07) is 10.6. The van der Waals surface area contributed by atoms with Gasteiger partial charge in [-0.25, -0.2) is 0 Å². The summed E-state index contributed by atoms with van der Waals surface area (Å²) in [6.07, 6.45) is 0. The minimum atomic E-state index is -4.24. The fraction of sp³-hybridized carbons (Fsp3) is 0.333. The highest BCUT2D eigenvalue weighted by molar-refractivity contribution is 8.00. The highest BCUT2D eigenvalue weighted by atomic mass is 32.2. The van der Waals surface area contributed by atoms with Crippen LogP contribution in [-0.4, -0.2) is 5.51 Å². The van der Waals surface area contributed by atoms with Gasteiger partial charge in [-0.2, -0.15) is 13.2 Å². The van der Waals surface area contributed by atoms with Gasteiger partial charge in [-0.3, -0.25) is 0 Å². The van der Waals surface area contributed by atoms with Gasteiger partial charge in [-0.1, -0.05) is 19.9 Å². The van der Waals surface area contributed by atoms with E-state index in [1.807, 2.05) is 11.4 Å². The normalized spacial score (nSPS) is 13.4. The largest absolute Gasteiger partial charge is 0.446 e. The second kappa shape index (κ2) is 6.75. The number of alkyl halides is 3. The number of benzene rings is 1. The molecule has 0 saturated heterocycles. The van der Waals surface area contributed by atoms with Gasteiger partial charge >= 0.3 is 5.51 Å². The third-order valence-corrected chi connectivity index (χ3v) is 4.62. The van der Waals surface area contributed by atoms with E-state index in [2.05, 4.69) is 25.2 Å². The van der Waals surface area contributed by atoms with Crippen LogP contribution in [0.4, 0.5) is 18.9 Å². The smallest absolute Gasteiger partial charge is 0.377 e. The minimum Gasteiger partial charge on any atom is -0.377 e. The Balaban J connectivity index is 2.08. The fourth-order valence-corrected chi connectivity index (χ4v) is 3.46. The van der Waals surface area contributed by atoms with Crippen molar-refractivity contribution in [3.8, 4) is 0 Å². The number of hydrogen-bond donors (Lipinski definition) is 1. The summed E-state index contributed by atoms with van der Waals surface area (Å²) < 4.78 is 36.9. The Kier molecular flexibility index (Phi) is 5.22. The number of thiophene rings is 1. The summed E-state index contributed by atoms with van der Waals surface area (Å²) in [5.41, 5.74) is -3.42. The SMILES string of the molecule is CC(C)C(Nc1ccc(SC(F)(F)F)cc1)c1cccs1. The van der Waals surface area contributed by atoms with E-state index in [0.29, 0.717) is 5.92 Å². The zero-order valence-electron chi connectivity index (χ0n) is 11.6. The molecule has 1 N–H and O–H groups in total. The molecule has 21 heavy (non-hydrogen) atoms. The molecule has 2 rings (SSSR count). The third kappa shape index (κ3) is 4.97. The minimum absolute atomic E-state index is 0.0933. The number of thioether (sulfide) groups is 1. The van der Waals surface area contributed by atoms with Crippen molar-refractivity contribution in [2.45, 2.75) is 30.3 Å². The molecule has 1 heterocycles. The summed E-state index contributed by atoms with van der Waals surface area (Å²) in [6.45, 7) is 4.23. The monoisotopic (exact) mass is 331 g/mol. The maximum absolute atomic E-state index is 12.3. The van der Waals surface area contributed by atoms with Crippen molar-refractivity contribution in [2.24, 2.45) is 5.92 Å². The molecule has 0 amide bonds. The lowest BCUT2D eigenvalue weighted by Crippen LogP contribution is -2.15. The van der Waals surface area contributed by atoms with Crippen molar-refractivity contribution >= 4 is 28.8 Å². The fourth-order valence-electron chi connectivity index (χ4n) is 1.97. The van der Waals surface area contributed by atoms with E-state index in [9.17, 15) is 13.2 Å². The van der Waals surface area contributed by atoms with E-state index < -0.39 is 5.51 Å². The average Bonchev–Trinajstić information content (AvgIpc) is 2.89. The first kappa shape index (κ1) is 16.2. The van der Waals surface area contributed by atoms with Crippen molar-refractivity contribution in [3.63, 3.8) is 0 Å². The molecule has 114 valence electrons. The van der Waals surface area contributed by atoms with Gasteiger partial charge in [-0.05, 0) is 53.4 Å². The van der Waals surface area contributed by atoms with Gasteiger partial charge in [0.15, 0.2) is 0 Å². The van der Waals surface area contributed by atoms with Crippen LogP contribution in [0, 0.1) is 5.92 Å². The van der Waals surface area contributed by atoms with Gasteiger partial charge in [0, 0.05) is 15.5 Å². The van der Waals surface area contributed by atoms with Gasteiger partial charge in [0.25, 0.3) is 0 Å². The second-order valence-electron chi connectivity index (χ2n) is 4.95. The highest BCUT2D eigenvalue weighted by Gasteiger charge is 2.29. The Hall–Kier alpha value is -1.14. The summed E-state index contributed by atoms with van der Waals surface area (Å²) in [7, 11) is 0. The number of rotatable bonds is 5. The lowest BCUT2D eigenvalue weighted by molar-refractivity contribution is -0.0328. The van der Waals surface area contributed by atoms with Crippen molar-refractivity contribution < 1.29 is 13.2 Å². The Morgan fingerprint density at radius 3 is 2.24 bits per heavy atom. The van der Waals surface area contributed by atoms with E-state index in [1.54, 1.807) is 23.5 Å². The van der Waals surface area contributed by atoms with Crippen LogP contribution >= 0.6 is 23.1 Å². The predicted octanol–water partition coefficient (Wildman–Crippen LogP) is 6.17. The molecule has 1 aromatic carbocycles. The van der Waals surface area contributed by atoms with E-state index in [4.69, 9.17) is 0 Å². The topological polar surface area (TPSA) is 12.0 Å². The molecule has 1 atom stereocenters. The number of hydrogen-bond acceptors (Lipinski definition) is 3. The van der Waals surface area contributed by atoms with Gasteiger partial charge in [0.05, 0.1) is 6.04 Å². The van der Waals surface area contributed by atoms with Crippen LogP contribution in [0.2, 0.25) is 0 Å². The number of anilines is 1. The zero-order valence-corrected chi connectivity index (χ0v) is 13.3. The molecule has 0 aliphatic carbocycles. The van der Waals surface area contributed by atoms with E-state index in [0.717, 1.165) is 5.69 Å². The van der Waals surface area contributed by atoms with E-state index in [-0.39, 0.29) is 22.7 Å². The quantitative estimate of drug-likeness (QED) is 0.658. The second-order valence-corrected chi connectivity index (χ2v) is 7.07. The van der Waals surface area contributed by atoms with Crippen molar-refractivity contribution in [1.29, 1.82) is 0 Å². The molecule has 0 radical (unpaired) electrons. The first-order valence-electron chi connectivity index (χ1n) is 6.51. The van der Waals surface area contributed by atoms with Crippen LogP contribution in [0.25, 0.3) is 0 Å².